The van der Waals surface area contributed by atoms with Crippen molar-refractivity contribution in [3.05, 3.63) is 35.9 Å². The molecule has 100 valence electrons. The summed E-state index contributed by atoms with van der Waals surface area (Å²) in [5.41, 5.74) is 1.06. The van der Waals surface area contributed by atoms with Gasteiger partial charge in [0.15, 0.2) is 0 Å². The standard InChI is InChI=1S/C14H21NO2S/c1-18(16,17)15(14-10-6-3-7-11-14)12-13-8-4-2-5-9-13/h2,4-5,8-9,14H,3,6-7,10-12H2,1H3. The molecule has 0 aromatic heterocycles. The van der Waals surface area contributed by atoms with Gasteiger partial charge < -0.3 is 0 Å². The number of hydrogen-bond donors (Lipinski definition) is 0. The van der Waals surface area contributed by atoms with E-state index >= 15 is 0 Å². The highest BCUT2D eigenvalue weighted by molar-refractivity contribution is 7.88. The average molecular weight is 267 g/mol. The van der Waals surface area contributed by atoms with E-state index in [9.17, 15) is 8.42 Å². The Balaban J connectivity index is 2.15. The number of rotatable bonds is 4. The van der Waals surface area contributed by atoms with E-state index in [0.717, 1.165) is 31.2 Å². The van der Waals surface area contributed by atoms with Gasteiger partial charge in [0.1, 0.15) is 0 Å². The van der Waals surface area contributed by atoms with Crippen LogP contribution in [0.25, 0.3) is 0 Å². The van der Waals surface area contributed by atoms with E-state index < -0.39 is 10.0 Å². The summed E-state index contributed by atoms with van der Waals surface area (Å²) in [7, 11) is -3.13. The molecule has 0 radical (unpaired) electrons. The molecule has 4 heteroatoms. The van der Waals surface area contributed by atoms with E-state index in [0.29, 0.717) is 6.54 Å². The van der Waals surface area contributed by atoms with Crippen LogP contribution in [0.5, 0.6) is 0 Å². The van der Waals surface area contributed by atoms with Gasteiger partial charge in [-0.15, -0.1) is 0 Å². The molecule has 0 amide bonds. The molecule has 18 heavy (non-hydrogen) atoms. The molecule has 1 aromatic carbocycles. The molecule has 1 fully saturated rings. The number of sulfonamides is 1. The third-order valence-corrected chi connectivity index (χ3v) is 4.87. The van der Waals surface area contributed by atoms with Crippen LogP contribution in [-0.2, 0) is 16.6 Å². The molecule has 1 aliphatic carbocycles. The lowest BCUT2D eigenvalue weighted by Gasteiger charge is -2.32. The van der Waals surface area contributed by atoms with E-state index in [4.69, 9.17) is 0 Å². The minimum Gasteiger partial charge on any atom is -0.212 e. The maximum absolute atomic E-state index is 12.0. The molecule has 0 bridgehead atoms. The minimum atomic E-state index is -3.13. The van der Waals surface area contributed by atoms with Crippen LogP contribution >= 0.6 is 0 Å². The molecule has 0 N–H and O–H groups in total. The van der Waals surface area contributed by atoms with Gasteiger partial charge in [-0.05, 0) is 18.4 Å². The third-order valence-electron chi connectivity index (χ3n) is 3.59. The molecular weight excluding hydrogens is 246 g/mol. The van der Waals surface area contributed by atoms with Crippen molar-refractivity contribution in [1.29, 1.82) is 0 Å². The molecule has 0 saturated heterocycles. The predicted molar refractivity (Wildman–Crippen MR) is 73.7 cm³/mol. The second kappa shape index (κ2) is 5.85. The summed E-state index contributed by atoms with van der Waals surface area (Å²) in [5.74, 6) is 0. The largest absolute Gasteiger partial charge is 0.212 e. The van der Waals surface area contributed by atoms with Gasteiger partial charge >= 0.3 is 0 Å². The number of hydrogen-bond acceptors (Lipinski definition) is 2. The van der Waals surface area contributed by atoms with Crippen LogP contribution in [0.1, 0.15) is 37.7 Å². The molecule has 2 rings (SSSR count). The fourth-order valence-electron chi connectivity index (χ4n) is 2.65. The molecule has 0 heterocycles. The molecule has 0 aliphatic heterocycles. The van der Waals surface area contributed by atoms with Crippen molar-refractivity contribution in [2.75, 3.05) is 6.26 Å². The zero-order valence-electron chi connectivity index (χ0n) is 10.9. The van der Waals surface area contributed by atoms with Crippen molar-refractivity contribution >= 4 is 10.0 Å². The molecule has 1 aliphatic rings. The fourth-order valence-corrected chi connectivity index (χ4v) is 3.79. The van der Waals surface area contributed by atoms with E-state index in [2.05, 4.69) is 0 Å². The Hall–Kier alpha value is -0.870. The lowest BCUT2D eigenvalue weighted by molar-refractivity contribution is 0.249. The van der Waals surface area contributed by atoms with Gasteiger partial charge in [0.25, 0.3) is 0 Å². The van der Waals surface area contributed by atoms with E-state index in [1.54, 1.807) is 4.31 Å². The Labute approximate surface area is 110 Å². The first kappa shape index (κ1) is 13.6. The van der Waals surface area contributed by atoms with Gasteiger partial charge in [-0.2, -0.15) is 4.31 Å². The summed E-state index contributed by atoms with van der Waals surface area (Å²) in [6, 6.07) is 10.0. The van der Waals surface area contributed by atoms with Gasteiger partial charge in [0.05, 0.1) is 6.26 Å². The minimum absolute atomic E-state index is 0.189. The highest BCUT2D eigenvalue weighted by Gasteiger charge is 2.27. The maximum Gasteiger partial charge on any atom is 0.211 e. The molecule has 1 aromatic rings. The fraction of sp³-hybridized carbons (Fsp3) is 0.571. The SMILES string of the molecule is CS(=O)(=O)N(Cc1ccccc1)C1CCCCC1. The van der Waals surface area contributed by atoms with Crippen LogP contribution in [0.2, 0.25) is 0 Å². The van der Waals surface area contributed by atoms with Crippen molar-refractivity contribution in [1.82, 2.24) is 4.31 Å². The molecular formula is C14H21NO2S. The van der Waals surface area contributed by atoms with Crippen molar-refractivity contribution < 1.29 is 8.42 Å². The van der Waals surface area contributed by atoms with E-state index in [-0.39, 0.29) is 6.04 Å². The molecule has 0 unspecified atom stereocenters. The summed E-state index contributed by atoms with van der Waals surface area (Å²) in [6.45, 7) is 0.504. The summed E-state index contributed by atoms with van der Waals surface area (Å²) in [6.07, 6.45) is 6.85. The first-order chi connectivity index (χ1) is 8.57. The van der Waals surface area contributed by atoms with Gasteiger partial charge in [-0.25, -0.2) is 8.42 Å². The van der Waals surface area contributed by atoms with Crippen molar-refractivity contribution in [2.24, 2.45) is 0 Å². The van der Waals surface area contributed by atoms with Crippen LogP contribution < -0.4 is 0 Å². The van der Waals surface area contributed by atoms with Crippen molar-refractivity contribution in [3.8, 4) is 0 Å². The Morgan fingerprint density at radius 1 is 1.11 bits per heavy atom. The lowest BCUT2D eigenvalue weighted by Crippen LogP contribution is -2.40. The Morgan fingerprint density at radius 2 is 1.72 bits per heavy atom. The second-order valence-electron chi connectivity index (χ2n) is 5.09. The van der Waals surface area contributed by atoms with Gasteiger partial charge in [-0.3, -0.25) is 0 Å². The van der Waals surface area contributed by atoms with Crippen LogP contribution in [0, 0.1) is 0 Å². The van der Waals surface area contributed by atoms with Crippen LogP contribution in [-0.4, -0.2) is 25.0 Å². The Kier molecular flexibility index (Phi) is 4.40. The van der Waals surface area contributed by atoms with Crippen LogP contribution in [0.15, 0.2) is 30.3 Å². The average Bonchev–Trinajstić information content (AvgIpc) is 2.37. The van der Waals surface area contributed by atoms with Gasteiger partial charge in [0.2, 0.25) is 10.0 Å². The predicted octanol–water partition coefficient (Wildman–Crippen LogP) is 2.78. The summed E-state index contributed by atoms with van der Waals surface area (Å²) < 4.78 is 25.6. The Morgan fingerprint density at radius 3 is 2.28 bits per heavy atom. The molecule has 1 saturated carbocycles. The first-order valence-electron chi connectivity index (χ1n) is 6.58. The highest BCUT2D eigenvalue weighted by atomic mass is 32.2. The van der Waals surface area contributed by atoms with Gasteiger partial charge in [-0.1, -0.05) is 49.6 Å². The third kappa shape index (κ3) is 3.56. The van der Waals surface area contributed by atoms with Crippen molar-refractivity contribution in [2.45, 2.75) is 44.7 Å². The van der Waals surface area contributed by atoms with Crippen LogP contribution in [0.4, 0.5) is 0 Å². The molecule has 0 atom stereocenters. The topological polar surface area (TPSA) is 37.4 Å². The smallest absolute Gasteiger partial charge is 0.211 e. The summed E-state index contributed by atoms with van der Waals surface area (Å²) in [4.78, 5) is 0. The van der Waals surface area contributed by atoms with Crippen molar-refractivity contribution in [3.63, 3.8) is 0 Å². The maximum atomic E-state index is 12.0. The lowest BCUT2D eigenvalue weighted by atomic mass is 9.95. The number of benzene rings is 1. The normalized spacial score (nSPS) is 18.1. The monoisotopic (exact) mass is 267 g/mol. The van der Waals surface area contributed by atoms with Gasteiger partial charge in [0, 0.05) is 12.6 Å². The zero-order valence-corrected chi connectivity index (χ0v) is 11.7. The van der Waals surface area contributed by atoms with E-state index in [1.165, 1.54) is 12.7 Å². The number of nitrogens with zero attached hydrogens (tertiary/aromatic N) is 1. The first-order valence-corrected chi connectivity index (χ1v) is 8.43. The second-order valence-corrected chi connectivity index (χ2v) is 7.02. The molecule has 0 spiro atoms. The summed E-state index contributed by atoms with van der Waals surface area (Å²) in [5, 5.41) is 0. The Bertz CT molecular complexity index is 464. The van der Waals surface area contributed by atoms with E-state index in [1.807, 2.05) is 30.3 Å². The zero-order chi connectivity index (χ0) is 13.0. The summed E-state index contributed by atoms with van der Waals surface area (Å²) >= 11 is 0. The van der Waals surface area contributed by atoms with Crippen LogP contribution in [0.3, 0.4) is 0 Å². The highest BCUT2D eigenvalue weighted by Crippen LogP contribution is 2.25. The molecule has 3 nitrogen and oxygen atoms in total. The quantitative estimate of drug-likeness (QED) is 0.841.